The number of benzene rings is 2. The molecule has 2 aliphatic rings. The fourth-order valence-corrected chi connectivity index (χ4v) is 3.81. The van der Waals surface area contributed by atoms with E-state index in [1.54, 1.807) is 0 Å². The summed E-state index contributed by atoms with van der Waals surface area (Å²) in [6.07, 6.45) is 1.71. The van der Waals surface area contributed by atoms with E-state index in [1.165, 1.54) is 11.1 Å². The number of carbonyl (C=O) groups is 1. The van der Waals surface area contributed by atoms with Gasteiger partial charge in [-0.05, 0) is 47.2 Å². The van der Waals surface area contributed by atoms with Crippen LogP contribution in [0.4, 0.5) is 0 Å². The molecule has 1 fully saturated rings. The molecule has 0 atom stereocenters. The highest BCUT2D eigenvalue weighted by atomic mass is 16.7. The number of amides is 1. The molecule has 1 saturated heterocycles. The lowest BCUT2D eigenvalue weighted by Crippen LogP contribution is -2.52. The van der Waals surface area contributed by atoms with Gasteiger partial charge in [0, 0.05) is 32.6 Å². The topological polar surface area (TPSA) is 50.8 Å². The zero-order valence-corrected chi connectivity index (χ0v) is 16.7. The number of hydrogen-bond donors (Lipinski definition) is 1. The summed E-state index contributed by atoms with van der Waals surface area (Å²) in [6.45, 7) is 7.23. The number of fused-ring (bicyclic) bond motifs is 2. The van der Waals surface area contributed by atoms with Gasteiger partial charge in [-0.15, -0.1) is 0 Å². The van der Waals surface area contributed by atoms with Crippen LogP contribution in [0.25, 0.3) is 0 Å². The van der Waals surface area contributed by atoms with Crippen LogP contribution in [0.3, 0.4) is 0 Å². The average molecular weight is 380 g/mol. The summed E-state index contributed by atoms with van der Waals surface area (Å²) in [5, 5.41) is 3.28. The van der Waals surface area contributed by atoms with Crippen LogP contribution in [0.1, 0.15) is 36.1 Å². The standard InChI is InChI=1S/C23H28N2O3/c1-3-16-5-7-20-18(13-16)15-19-14-17(4-2)6-8-21(19)28-23(27-20)22(26)25-11-9-24-10-12-25/h5-8,13-14,23-24H,3-4,9-12,15H2,1-2H3. The molecule has 148 valence electrons. The molecule has 0 saturated carbocycles. The average Bonchev–Trinajstić information content (AvgIpc) is 2.73. The minimum atomic E-state index is -0.962. The predicted molar refractivity (Wildman–Crippen MR) is 109 cm³/mol. The molecule has 4 rings (SSSR count). The summed E-state index contributed by atoms with van der Waals surface area (Å²) in [5.74, 6) is 1.36. The fourth-order valence-electron chi connectivity index (χ4n) is 3.81. The monoisotopic (exact) mass is 380 g/mol. The first kappa shape index (κ1) is 18.8. The summed E-state index contributed by atoms with van der Waals surface area (Å²) < 4.78 is 12.3. The summed E-state index contributed by atoms with van der Waals surface area (Å²) in [6, 6.07) is 12.5. The molecule has 0 bridgehead atoms. The van der Waals surface area contributed by atoms with Gasteiger partial charge in [-0.2, -0.15) is 0 Å². The van der Waals surface area contributed by atoms with Crippen molar-refractivity contribution in [2.24, 2.45) is 0 Å². The van der Waals surface area contributed by atoms with Crippen LogP contribution < -0.4 is 14.8 Å². The second-order valence-electron chi connectivity index (χ2n) is 7.41. The molecule has 0 radical (unpaired) electrons. The van der Waals surface area contributed by atoms with Crippen molar-refractivity contribution in [1.29, 1.82) is 0 Å². The zero-order chi connectivity index (χ0) is 19.5. The van der Waals surface area contributed by atoms with E-state index in [0.717, 1.165) is 55.0 Å². The van der Waals surface area contributed by atoms with Crippen LogP contribution in [0.15, 0.2) is 36.4 Å². The van der Waals surface area contributed by atoms with E-state index in [1.807, 2.05) is 17.0 Å². The summed E-state index contributed by atoms with van der Waals surface area (Å²) in [4.78, 5) is 15.0. The van der Waals surface area contributed by atoms with Crippen molar-refractivity contribution < 1.29 is 14.3 Å². The van der Waals surface area contributed by atoms with Crippen LogP contribution >= 0.6 is 0 Å². The maximum absolute atomic E-state index is 13.1. The molecule has 2 aliphatic heterocycles. The molecule has 5 heteroatoms. The first-order valence-corrected chi connectivity index (χ1v) is 10.2. The normalized spacial score (nSPS) is 16.9. The maximum Gasteiger partial charge on any atom is 0.321 e. The number of ether oxygens (including phenoxy) is 2. The fraction of sp³-hybridized carbons (Fsp3) is 0.435. The van der Waals surface area contributed by atoms with Crippen molar-refractivity contribution in [2.75, 3.05) is 26.2 Å². The van der Waals surface area contributed by atoms with Crippen molar-refractivity contribution in [3.63, 3.8) is 0 Å². The Kier molecular flexibility index (Phi) is 5.53. The Morgan fingerprint density at radius 3 is 2.00 bits per heavy atom. The third-order valence-corrected chi connectivity index (χ3v) is 5.55. The van der Waals surface area contributed by atoms with Crippen LogP contribution in [-0.4, -0.2) is 43.3 Å². The predicted octanol–water partition coefficient (Wildman–Crippen LogP) is 2.93. The van der Waals surface area contributed by atoms with Gasteiger partial charge in [-0.25, -0.2) is 0 Å². The number of hydrogen-bond acceptors (Lipinski definition) is 4. The molecule has 1 amide bonds. The number of rotatable bonds is 3. The SMILES string of the molecule is CCc1ccc2c(c1)Cc1cc(CC)ccc1OC(C(=O)N1CCNCC1)O2. The lowest BCUT2D eigenvalue weighted by atomic mass is 9.97. The van der Waals surface area contributed by atoms with E-state index < -0.39 is 6.29 Å². The Morgan fingerprint density at radius 1 is 0.964 bits per heavy atom. The number of nitrogens with one attached hydrogen (secondary N) is 1. The van der Waals surface area contributed by atoms with Gasteiger partial charge in [0.25, 0.3) is 0 Å². The highest BCUT2D eigenvalue weighted by Gasteiger charge is 2.31. The van der Waals surface area contributed by atoms with Crippen LogP contribution in [0.2, 0.25) is 0 Å². The number of aryl methyl sites for hydroxylation is 2. The largest absolute Gasteiger partial charge is 0.446 e. The number of piperazine rings is 1. The molecule has 2 heterocycles. The molecule has 28 heavy (non-hydrogen) atoms. The van der Waals surface area contributed by atoms with E-state index in [0.29, 0.717) is 13.1 Å². The molecule has 2 aromatic rings. The Hall–Kier alpha value is -2.53. The van der Waals surface area contributed by atoms with Gasteiger partial charge in [0.1, 0.15) is 11.5 Å². The van der Waals surface area contributed by atoms with Gasteiger partial charge < -0.3 is 19.7 Å². The molecular weight excluding hydrogens is 352 g/mol. The van der Waals surface area contributed by atoms with E-state index in [2.05, 4.69) is 43.4 Å². The first-order valence-electron chi connectivity index (χ1n) is 10.2. The zero-order valence-electron chi connectivity index (χ0n) is 16.7. The highest BCUT2D eigenvalue weighted by molar-refractivity contribution is 5.80. The van der Waals surface area contributed by atoms with Crippen LogP contribution in [0, 0.1) is 0 Å². The second kappa shape index (κ2) is 8.23. The first-order chi connectivity index (χ1) is 13.7. The van der Waals surface area contributed by atoms with Crippen molar-refractivity contribution >= 4 is 5.91 Å². The van der Waals surface area contributed by atoms with E-state index >= 15 is 0 Å². The molecule has 0 spiro atoms. The Balaban J connectivity index is 1.72. The number of carbonyl (C=O) groups excluding carboxylic acids is 1. The minimum Gasteiger partial charge on any atom is -0.446 e. The third-order valence-electron chi connectivity index (χ3n) is 5.55. The van der Waals surface area contributed by atoms with Gasteiger partial charge in [0.15, 0.2) is 0 Å². The van der Waals surface area contributed by atoms with Crippen molar-refractivity contribution in [2.45, 2.75) is 39.4 Å². The molecule has 0 aromatic heterocycles. The van der Waals surface area contributed by atoms with Crippen LogP contribution in [0.5, 0.6) is 11.5 Å². The summed E-state index contributed by atoms with van der Waals surface area (Å²) in [5.41, 5.74) is 4.74. The molecule has 2 aromatic carbocycles. The van der Waals surface area contributed by atoms with Gasteiger partial charge in [-0.3, -0.25) is 4.79 Å². The molecule has 1 N–H and O–H groups in total. The van der Waals surface area contributed by atoms with Gasteiger partial charge in [0.2, 0.25) is 0 Å². The van der Waals surface area contributed by atoms with E-state index in [4.69, 9.17) is 9.47 Å². The lowest BCUT2D eigenvalue weighted by Gasteiger charge is -2.32. The Labute approximate surface area is 166 Å². The van der Waals surface area contributed by atoms with Crippen molar-refractivity contribution in [3.8, 4) is 11.5 Å². The van der Waals surface area contributed by atoms with E-state index in [9.17, 15) is 4.79 Å². The molecule has 0 aliphatic carbocycles. The Bertz CT molecular complexity index is 803. The van der Waals surface area contributed by atoms with Gasteiger partial charge >= 0.3 is 12.2 Å². The summed E-state index contributed by atoms with van der Waals surface area (Å²) >= 11 is 0. The summed E-state index contributed by atoms with van der Waals surface area (Å²) in [7, 11) is 0. The maximum atomic E-state index is 13.1. The third kappa shape index (κ3) is 3.85. The van der Waals surface area contributed by atoms with Crippen molar-refractivity contribution in [3.05, 3.63) is 58.7 Å². The molecule has 0 unspecified atom stereocenters. The second-order valence-corrected chi connectivity index (χ2v) is 7.41. The molecule has 5 nitrogen and oxygen atoms in total. The van der Waals surface area contributed by atoms with E-state index in [-0.39, 0.29) is 5.91 Å². The van der Waals surface area contributed by atoms with Gasteiger partial charge in [-0.1, -0.05) is 38.1 Å². The highest BCUT2D eigenvalue weighted by Crippen LogP contribution is 2.33. The minimum absolute atomic E-state index is 0.112. The lowest BCUT2D eigenvalue weighted by molar-refractivity contribution is -0.152. The Morgan fingerprint density at radius 2 is 1.50 bits per heavy atom. The smallest absolute Gasteiger partial charge is 0.321 e. The molecular formula is C23H28N2O3. The van der Waals surface area contributed by atoms with Crippen LogP contribution in [-0.2, 0) is 24.1 Å². The number of nitrogens with zero attached hydrogens (tertiary/aromatic N) is 1. The van der Waals surface area contributed by atoms with Gasteiger partial charge in [0.05, 0.1) is 0 Å². The van der Waals surface area contributed by atoms with Crippen molar-refractivity contribution in [1.82, 2.24) is 10.2 Å². The quantitative estimate of drug-likeness (QED) is 0.890.